The molecule has 0 aliphatic rings. The minimum atomic E-state index is -1.04. The van der Waals surface area contributed by atoms with Crippen molar-refractivity contribution in [3.8, 4) is 5.75 Å². The fourth-order valence-corrected chi connectivity index (χ4v) is 1.79. The third-order valence-electron chi connectivity index (χ3n) is 2.60. The van der Waals surface area contributed by atoms with Gasteiger partial charge in [-0.1, -0.05) is 6.92 Å². The Morgan fingerprint density at radius 1 is 1.47 bits per heavy atom. The molecule has 0 bridgehead atoms. The summed E-state index contributed by atoms with van der Waals surface area (Å²) in [5, 5.41) is 11.8. The van der Waals surface area contributed by atoms with Crippen LogP contribution in [-0.4, -0.2) is 35.6 Å². The van der Waals surface area contributed by atoms with Gasteiger partial charge in [0.25, 0.3) is 0 Å². The van der Waals surface area contributed by atoms with Crippen molar-refractivity contribution >= 4 is 29.3 Å². The van der Waals surface area contributed by atoms with Crippen LogP contribution >= 0.6 is 11.8 Å². The number of hydrogen-bond acceptors (Lipinski definition) is 4. The van der Waals surface area contributed by atoms with Crippen LogP contribution in [0.5, 0.6) is 5.75 Å². The van der Waals surface area contributed by atoms with E-state index < -0.39 is 5.97 Å². The molecule has 0 aromatic heterocycles. The summed E-state index contributed by atoms with van der Waals surface area (Å²) in [6.45, 7) is 1.97. The lowest BCUT2D eigenvalue weighted by Crippen LogP contribution is -2.16. The van der Waals surface area contributed by atoms with E-state index in [1.54, 1.807) is 11.8 Å². The summed E-state index contributed by atoms with van der Waals surface area (Å²) in [5.41, 5.74) is 0.595. The second kappa shape index (κ2) is 7.04. The first-order valence-corrected chi connectivity index (χ1v) is 7.00. The Bertz CT molecular complexity index is 476. The number of hydrogen-bond donors (Lipinski definition) is 2. The number of benzene rings is 1. The predicted molar refractivity (Wildman–Crippen MR) is 76.2 cm³/mol. The highest BCUT2D eigenvalue weighted by molar-refractivity contribution is 7.99. The molecule has 1 atom stereocenters. The molecule has 6 heteroatoms. The van der Waals surface area contributed by atoms with Gasteiger partial charge in [0.1, 0.15) is 5.75 Å². The Morgan fingerprint density at radius 3 is 2.68 bits per heavy atom. The van der Waals surface area contributed by atoms with Crippen molar-refractivity contribution in [1.29, 1.82) is 0 Å². The summed E-state index contributed by atoms with van der Waals surface area (Å²) < 4.78 is 5.09. The topological polar surface area (TPSA) is 75.6 Å². The molecule has 0 fully saturated rings. The largest absolute Gasteiger partial charge is 0.495 e. The number of carboxylic acids is 1. The Kier molecular flexibility index (Phi) is 5.69. The van der Waals surface area contributed by atoms with Crippen LogP contribution in [0.2, 0.25) is 0 Å². The number of rotatable bonds is 6. The minimum Gasteiger partial charge on any atom is -0.495 e. The highest BCUT2D eigenvalue weighted by Crippen LogP contribution is 2.26. The fourth-order valence-electron chi connectivity index (χ4n) is 1.47. The molecule has 1 aromatic carbocycles. The highest BCUT2D eigenvalue weighted by Gasteiger charge is 2.13. The van der Waals surface area contributed by atoms with Gasteiger partial charge in [-0.3, -0.25) is 4.79 Å². The van der Waals surface area contributed by atoms with E-state index >= 15 is 0 Å². The van der Waals surface area contributed by atoms with Gasteiger partial charge >= 0.3 is 5.97 Å². The van der Waals surface area contributed by atoms with Crippen LogP contribution in [-0.2, 0) is 4.79 Å². The van der Waals surface area contributed by atoms with Gasteiger partial charge in [0.05, 0.1) is 18.4 Å². The van der Waals surface area contributed by atoms with Crippen LogP contribution in [0.25, 0.3) is 0 Å². The number of amides is 1. The zero-order chi connectivity index (χ0) is 14.4. The Labute approximate surface area is 116 Å². The van der Waals surface area contributed by atoms with E-state index in [1.165, 1.54) is 25.3 Å². The smallest absolute Gasteiger partial charge is 0.335 e. The van der Waals surface area contributed by atoms with E-state index in [-0.39, 0.29) is 16.7 Å². The summed E-state index contributed by atoms with van der Waals surface area (Å²) >= 11 is 1.61. The first kappa shape index (κ1) is 15.4. The van der Waals surface area contributed by atoms with E-state index in [1.807, 2.05) is 13.2 Å². The predicted octanol–water partition coefficient (Wildman–Crippen LogP) is 2.47. The molecule has 0 aliphatic carbocycles. The lowest BCUT2D eigenvalue weighted by Gasteiger charge is -2.12. The Balaban J connectivity index is 2.83. The molecule has 0 spiro atoms. The fraction of sp³-hybridized carbons (Fsp3) is 0.385. The molecule has 0 saturated carbocycles. The quantitative estimate of drug-likeness (QED) is 0.838. The third-order valence-corrected chi connectivity index (χ3v) is 3.57. The van der Waals surface area contributed by atoms with E-state index in [4.69, 9.17) is 9.84 Å². The average Bonchev–Trinajstić information content (AvgIpc) is 2.38. The number of nitrogens with one attached hydrogen (secondary N) is 1. The van der Waals surface area contributed by atoms with E-state index in [2.05, 4.69) is 5.32 Å². The number of carbonyl (C=O) groups excluding carboxylic acids is 1. The molecule has 5 nitrogen and oxygen atoms in total. The summed E-state index contributed by atoms with van der Waals surface area (Å²) in [6.07, 6.45) is 2.34. The molecule has 0 radical (unpaired) electrons. The maximum atomic E-state index is 11.8. The number of carbonyl (C=O) groups is 2. The van der Waals surface area contributed by atoms with Crippen LogP contribution < -0.4 is 10.1 Å². The van der Waals surface area contributed by atoms with Crippen LogP contribution in [0.4, 0.5) is 5.69 Å². The van der Waals surface area contributed by atoms with Gasteiger partial charge in [-0.05, 0) is 24.5 Å². The van der Waals surface area contributed by atoms with Crippen molar-refractivity contribution < 1.29 is 19.4 Å². The second-order valence-corrected chi connectivity index (χ2v) is 5.29. The summed E-state index contributed by atoms with van der Waals surface area (Å²) in [7, 11) is 1.43. The molecular formula is C13H17NO4S. The first-order valence-electron chi connectivity index (χ1n) is 5.72. The van der Waals surface area contributed by atoms with Crippen molar-refractivity contribution in [3.05, 3.63) is 23.8 Å². The van der Waals surface area contributed by atoms with Gasteiger partial charge in [-0.25, -0.2) is 4.79 Å². The zero-order valence-electron chi connectivity index (χ0n) is 11.1. The van der Waals surface area contributed by atoms with E-state index in [9.17, 15) is 9.59 Å². The molecule has 0 saturated heterocycles. The number of carboxylic acid groups (broad SMARTS) is 1. The van der Waals surface area contributed by atoms with Crippen LogP contribution in [0.15, 0.2) is 18.2 Å². The molecule has 19 heavy (non-hydrogen) atoms. The Hall–Kier alpha value is -1.69. The number of aromatic carboxylic acids is 1. The monoisotopic (exact) mass is 283 g/mol. The summed E-state index contributed by atoms with van der Waals surface area (Å²) in [6, 6.07) is 4.35. The van der Waals surface area contributed by atoms with Gasteiger partial charge in [0.15, 0.2) is 0 Å². The second-order valence-electron chi connectivity index (χ2n) is 4.02. The first-order chi connectivity index (χ1) is 8.97. The molecule has 1 amide bonds. The zero-order valence-corrected chi connectivity index (χ0v) is 11.9. The van der Waals surface area contributed by atoms with Crippen molar-refractivity contribution in [1.82, 2.24) is 0 Å². The molecule has 0 aliphatic heterocycles. The average molecular weight is 283 g/mol. The van der Waals surface area contributed by atoms with Gasteiger partial charge in [-0.2, -0.15) is 11.8 Å². The number of thioether (sulfide) groups is 1. The van der Waals surface area contributed by atoms with Gasteiger partial charge in [-0.15, -0.1) is 0 Å². The Morgan fingerprint density at radius 2 is 2.16 bits per heavy atom. The van der Waals surface area contributed by atoms with Crippen molar-refractivity contribution in [2.24, 2.45) is 0 Å². The molecule has 2 N–H and O–H groups in total. The number of anilines is 1. The van der Waals surface area contributed by atoms with Gasteiger partial charge in [0, 0.05) is 11.7 Å². The molecule has 104 valence electrons. The number of methoxy groups -OCH3 is 1. The maximum absolute atomic E-state index is 11.8. The lowest BCUT2D eigenvalue weighted by atomic mass is 10.2. The van der Waals surface area contributed by atoms with Gasteiger partial charge < -0.3 is 15.2 Å². The third kappa shape index (κ3) is 4.48. The molecule has 1 unspecified atom stereocenters. The standard InChI is InChI=1S/C13H17NO4S/c1-8(19-3)6-12(15)14-10-5-4-9(13(16)17)7-11(10)18-2/h4-5,7-8H,6H2,1-3H3,(H,14,15)(H,16,17). The maximum Gasteiger partial charge on any atom is 0.335 e. The molecular weight excluding hydrogens is 266 g/mol. The molecule has 0 heterocycles. The summed E-state index contributed by atoms with van der Waals surface area (Å²) in [5.74, 6) is -0.819. The SMILES string of the molecule is COc1cc(C(=O)O)ccc1NC(=O)CC(C)SC. The molecule has 1 aromatic rings. The van der Waals surface area contributed by atoms with Crippen LogP contribution in [0.1, 0.15) is 23.7 Å². The van der Waals surface area contributed by atoms with Gasteiger partial charge in [0.2, 0.25) is 5.91 Å². The van der Waals surface area contributed by atoms with Crippen LogP contribution in [0, 0.1) is 0 Å². The van der Waals surface area contributed by atoms with Crippen LogP contribution in [0.3, 0.4) is 0 Å². The normalized spacial score (nSPS) is 11.7. The van der Waals surface area contributed by atoms with E-state index in [0.29, 0.717) is 17.9 Å². The minimum absolute atomic E-state index is 0.118. The van der Waals surface area contributed by atoms with Crippen molar-refractivity contribution in [2.75, 3.05) is 18.7 Å². The number of ether oxygens (including phenoxy) is 1. The lowest BCUT2D eigenvalue weighted by molar-refractivity contribution is -0.116. The summed E-state index contributed by atoms with van der Waals surface area (Å²) in [4.78, 5) is 22.6. The van der Waals surface area contributed by atoms with E-state index in [0.717, 1.165) is 0 Å². The van der Waals surface area contributed by atoms with Crippen molar-refractivity contribution in [2.45, 2.75) is 18.6 Å². The van der Waals surface area contributed by atoms with Crippen molar-refractivity contribution in [3.63, 3.8) is 0 Å². The molecule has 1 rings (SSSR count). The highest BCUT2D eigenvalue weighted by atomic mass is 32.2.